The van der Waals surface area contributed by atoms with E-state index in [-0.39, 0.29) is 11.8 Å². The minimum atomic E-state index is -3.23. The molecule has 1 N–H and O–H groups in total. The van der Waals surface area contributed by atoms with E-state index in [9.17, 15) is 8.42 Å². The molecule has 0 fully saturated rings. The Bertz CT molecular complexity index is 693. The maximum atomic E-state index is 12.1. The van der Waals surface area contributed by atoms with Gasteiger partial charge in [0.25, 0.3) is 0 Å². The molecule has 1 unspecified atom stereocenters. The highest BCUT2D eigenvalue weighted by Gasteiger charge is 2.18. The number of nitrogens with one attached hydrogen (secondary N) is 1. The first-order chi connectivity index (χ1) is 9.45. The van der Waals surface area contributed by atoms with Crippen LogP contribution in [0, 0.1) is 6.92 Å². The zero-order valence-electron chi connectivity index (χ0n) is 11.8. The second-order valence-electron chi connectivity index (χ2n) is 4.57. The fourth-order valence-electron chi connectivity index (χ4n) is 2.04. The number of para-hydroxylation sites is 1. The third-order valence-corrected chi connectivity index (χ3v) is 6.05. The minimum absolute atomic E-state index is 0.0238. The zero-order valence-corrected chi connectivity index (χ0v) is 13.4. The molecule has 0 amide bonds. The van der Waals surface area contributed by atoms with E-state index >= 15 is 0 Å². The van der Waals surface area contributed by atoms with E-state index in [0.29, 0.717) is 10.6 Å². The van der Waals surface area contributed by atoms with Crippen LogP contribution >= 0.6 is 11.3 Å². The van der Waals surface area contributed by atoms with E-state index in [1.807, 2.05) is 19.9 Å². The maximum absolute atomic E-state index is 12.1. The highest BCUT2D eigenvalue weighted by atomic mass is 32.2. The van der Waals surface area contributed by atoms with Crippen molar-refractivity contribution in [2.75, 3.05) is 11.1 Å². The third kappa shape index (κ3) is 3.02. The summed E-state index contributed by atoms with van der Waals surface area (Å²) >= 11 is 1.57. The van der Waals surface area contributed by atoms with Gasteiger partial charge in [0.1, 0.15) is 0 Å². The quantitative estimate of drug-likeness (QED) is 0.919. The van der Waals surface area contributed by atoms with Crippen molar-refractivity contribution >= 4 is 26.9 Å². The van der Waals surface area contributed by atoms with Gasteiger partial charge in [0, 0.05) is 4.88 Å². The van der Waals surface area contributed by atoms with Crippen molar-refractivity contribution in [2.45, 2.75) is 31.7 Å². The molecule has 2 aromatic rings. The molecule has 0 saturated carbocycles. The molecule has 0 aliphatic rings. The molecule has 1 heterocycles. The molecule has 20 heavy (non-hydrogen) atoms. The van der Waals surface area contributed by atoms with E-state index in [4.69, 9.17) is 0 Å². The van der Waals surface area contributed by atoms with Gasteiger partial charge >= 0.3 is 0 Å². The summed E-state index contributed by atoms with van der Waals surface area (Å²) < 4.78 is 24.2. The smallest absolute Gasteiger partial charge is 0.180 e. The molecule has 0 saturated heterocycles. The third-order valence-electron chi connectivity index (χ3n) is 3.15. The van der Waals surface area contributed by atoms with Gasteiger partial charge in [-0.15, -0.1) is 11.3 Å². The number of rotatable bonds is 5. The van der Waals surface area contributed by atoms with Crippen molar-refractivity contribution in [3.63, 3.8) is 0 Å². The number of sulfone groups is 1. The lowest BCUT2D eigenvalue weighted by molar-refractivity contribution is 0.597. The second-order valence-corrected chi connectivity index (χ2v) is 7.70. The predicted molar refractivity (Wildman–Crippen MR) is 83.1 cm³/mol. The first kappa shape index (κ1) is 15.0. The maximum Gasteiger partial charge on any atom is 0.180 e. The first-order valence-electron chi connectivity index (χ1n) is 6.44. The van der Waals surface area contributed by atoms with Crippen LogP contribution in [0.2, 0.25) is 0 Å². The standard InChI is InChI=1S/C14H18N2O2S2/c1-4-20(17,18)13-8-6-5-7-12(13)16-11(3)14-10(2)15-9-19-14/h5-9,11,16H,4H2,1-3H3. The molecule has 0 spiro atoms. The van der Waals surface area contributed by atoms with Gasteiger partial charge in [-0.2, -0.15) is 0 Å². The van der Waals surface area contributed by atoms with Crippen LogP contribution in [0.15, 0.2) is 34.7 Å². The van der Waals surface area contributed by atoms with Crippen molar-refractivity contribution in [2.24, 2.45) is 0 Å². The average molecular weight is 310 g/mol. The van der Waals surface area contributed by atoms with E-state index in [1.54, 1.807) is 42.0 Å². The van der Waals surface area contributed by atoms with Gasteiger partial charge in [0.15, 0.2) is 9.84 Å². The van der Waals surface area contributed by atoms with Crippen LogP contribution in [0.4, 0.5) is 5.69 Å². The highest BCUT2D eigenvalue weighted by Crippen LogP contribution is 2.29. The average Bonchev–Trinajstić information content (AvgIpc) is 2.85. The van der Waals surface area contributed by atoms with Gasteiger partial charge in [0.2, 0.25) is 0 Å². The number of aromatic nitrogens is 1. The van der Waals surface area contributed by atoms with E-state index in [2.05, 4.69) is 10.3 Å². The molecule has 0 radical (unpaired) electrons. The second kappa shape index (κ2) is 5.93. The number of hydrogen-bond acceptors (Lipinski definition) is 5. The molecular weight excluding hydrogens is 292 g/mol. The van der Waals surface area contributed by atoms with Crippen LogP contribution < -0.4 is 5.32 Å². The number of anilines is 1. The Hall–Kier alpha value is -1.40. The molecule has 0 bridgehead atoms. The molecule has 6 heteroatoms. The SMILES string of the molecule is CCS(=O)(=O)c1ccccc1NC(C)c1scnc1C. The first-order valence-corrected chi connectivity index (χ1v) is 8.97. The van der Waals surface area contributed by atoms with Crippen LogP contribution in [0.3, 0.4) is 0 Å². The van der Waals surface area contributed by atoms with Crippen molar-refractivity contribution in [1.82, 2.24) is 4.98 Å². The molecule has 0 aliphatic heterocycles. The summed E-state index contributed by atoms with van der Waals surface area (Å²) in [5.74, 6) is 0.0969. The summed E-state index contributed by atoms with van der Waals surface area (Å²) in [6.07, 6.45) is 0. The summed E-state index contributed by atoms with van der Waals surface area (Å²) in [7, 11) is -3.23. The molecule has 0 aliphatic carbocycles. The highest BCUT2D eigenvalue weighted by molar-refractivity contribution is 7.91. The summed E-state index contributed by atoms with van der Waals surface area (Å²) in [4.78, 5) is 5.70. The number of benzene rings is 1. The van der Waals surface area contributed by atoms with Crippen molar-refractivity contribution in [3.8, 4) is 0 Å². The van der Waals surface area contributed by atoms with Crippen LogP contribution in [-0.4, -0.2) is 19.2 Å². The van der Waals surface area contributed by atoms with Crippen LogP contribution in [0.25, 0.3) is 0 Å². The number of thiazole rings is 1. The fourth-order valence-corrected chi connectivity index (χ4v) is 3.91. The van der Waals surface area contributed by atoms with Gasteiger partial charge in [0.05, 0.1) is 33.6 Å². The van der Waals surface area contributed by atoms with Crippen molar-refractivity contribution < 1.29 is 8.42 Å². The molecule has 2 rings (SSSR count). The lowest BCUT2D eigenvalue weighted by Gasteiger charge is -2.17. The molecule has 1 aromatic carbocycles. The Morgan fingerprint density at radius 2 is 2.05 bits per heavy atom. The predicted octanol–water partition coefficient (Wildman–Crippen LogP) is 3.42. The Balaban J connectivity index is 2.33. The Labute approximate surface area is 123 Å². The Morgan fingerprint density at radius 1 is 1.35 bits per heavy atom. The lowest BCUT2D eigenvalue weighted by Crippen LogP contribution is -2.12. The van der Waals surface area contributed by atoms with Gasteiger partial charge in [-0.05, 0) is 26.0 Å². The number of hydrogen-bond donors (Lipinski definition) is 1. The van der Waals surface area contributed by atoms with Gasteiger partial charge < -0.3 is 5.32 Å². The fraction of sp³-hybridized carbons (Fsp3) is 0.357. The normalized spacial score (nSPS) is 13.2. The van der Waals surface area contributed by atoms with E-state index in [0.717, 1.165) is 10.6 Å². The monoisotopic (exact) mass is 310 g/mol. The molecule has 4 nitrogen and oxygen atoms in total. The summed E-state index contributed by atoms with van der Waals surface area (Å²) in [6, 6.07) is 7.05. The van der Waals surface area contributed by atoms with E-state index < -0.39 is 9.84 Å². The van der Waals surface area contributed by atoms with Crippen LogP contribution in [-0.2, 0) is 9.84 Å². The lowest BCUT2D eigenvalue weighted by atomic mass is 10.2. The topological polar surface area (TPSA) is 59.1 Å². The molecule has 108 valence electrons. The number of nitrogens with zero attached hydrogens (tertiary/aromatic N) is 1. The number of aryl methyl sites for hydroxylation is 1. The van der Waals surface area contributed by atoms with Gasteiger partial charge in [-0.3, -0.25) is 0 Å². The largest absolute Gasteiger partial charge is 0.377 e. The molecule has 1 aromatic heterocycles. The summed E-state index contributed by atoms with van der Waals surface area (Å²) in [6.45, 7) is 5.62. The van der Waals surface area contributed by atoms with Gasteiger partial charge in [-0.1, -0.05) is 19.1 Å². The van der Waals surface area contributed by atoms with Crippen molar-refractivity contribution in [3.05, 3.63) is 40.3 Å². The molecular formula is C14H18N2O2S2. The van der Waals surface area contributed by atoms with Crippen molar-refractivity contribution in [1.29, 1.82) is 0 Å². The minimum Gasteiger partial charge on any atom is -0.377 e. The van der Waals surface area contributed by atoms with Crippen LogP contribution in [0.5, 0.6) is 0 Å². The summed E-state index contributed by atoms with van der Waals surface area (Å²) in [5, 5.41) is 3.29. The Morgan fingerprint density at radius 3 is 2.65 bits per heavy atom. The summed E-state index contributed by atoms with van der Waals surface area (Å²) in [5.41, 5.74) is 3.43. The molecule has 1 atom stereocenters. The van der Waals surface area contributed by atoms with Crippen LogP contribution in [0.1, 0.15) is 30.5 Å². The Kier molecular flexibility index (Phi) is 4.45. The zero-order chi connectivity index (χ0) is 14.8. The van der Waals surface area contributed by atoms with Gasteiger partial charge in [-0.25, -0.2) is 13.4 Å². The van der Waals surface area contributed by atoms with E-state index in [1.165, 1.54) is 0 Å².